The molecule has 0 aromatic rings. The number of likely N-dealkylation sites (tertiary alicyclic amines) is 1. The van der Waals surface area contributed by atoms with Gasteiger partial charge in [0.15, 0.2) is 0 Å². The molecule has 1 aliphatic rings. The van der Waals surface area contributed by atoms with Crippen molar-refractivity contribution in [2.45, 2.75) is 45.2 Å². The second-order valence-corrected chi connectivity index (χ2v) is 4.16. The van der Waals surface area contributed by atoms with Crippen molar-refractivity contribution in [3.05, 3.63) is 0 Å². The van der Waals surface area contributed by atoms with E-state index in [9.17, 15) is 0 Å². The van der Waals surface area contributed by atoms with Gasteiger partial charge in [-0.3, -0.25) is 0 Å². The molecule has 84 valence electrons. The van der Waals surface area contributed by atoms with E-state index >= 15 is 0 Å². The summed E-state index contributed by atoms with van der Waals surface area (Å²) in [6, 6.07) is 0.920. The molecule has 1 heterocycles. The van der Waals surface area contributed by atoms with Gasteiger partial charge in [-0.15, -0.1) is 0 Å². The van der Waals surface area contributed by atoms with Crippen molar-refractivity contribution in [2.75, 3.05) is 26.2 Å². The molecule has 1 saturated heterocycles. The Kier molecular flexibility index (Phi) is 5.45. The fourth-order valence-corrected chi connectivity index (χ4v) is 2.05. The van der Waals surface area contributed by atoms with Crippen molar-refractivity contribution in [3.8, 4) is 0 Å². The van der Waals surface area contributed by atoms with Gasteiger partial charge in [-0.25, -0.2) is 0 Å². The van der Waals surface area contributed by atoms with Gasteiger partial charge >= 0.3 is 0 Å². The molecular formula is C11H24N2O. The number of nitrogens with one attached hydrogen (secondary N) is 1. The first kappa shape index (κ1) is 12.0. The molecule has 0 unspecified atom stereocenters. The lowest BCUT2D eigenvalue weighted by atomic mass is 10.0. The number of nitrogens with zero attached hydrogens (tertiary/aromatic N) is 1. The first-order chi connectivity index (χ1) is 6.80. The summed E-state index contributed by atoms with van der Waals surface area (Å²) in [5, 5.41) is 12.6. The number of aliphatic hydroxyl groups excluding tert-OH is 1. The van der Waals surface area contributed by atoms with Crippen molar-refractivity contribution in [2.24, 2.45) is 0 Å². The summed E-state index contributed by atoms with van der Waals surface area (Å²) < 4.78 is 0. The van der Waals surface area contributed by atoms with Crippen LogP contribution in [0.5, 0.6) is 0 Å². The Morgan fingerprint density at radius 2 is 2.00 bits per heavy atom. The molecule has 14 heavy (non-hydrogen) atoms. The average Bonchev–Trinajstić information content (AvgIpc) is 2.26. The number of rotatable bonds is 5. The largest absolute Gasteiger partial charge is 0.395 e. The van der Waals surface area contributed by atoms with Crippen LogP contribution >= 0.6 is 0 Å². The quantitative estimate of drug-likeness (QED) is 0.690. The van der Waals surface area contributed by atoms with E-state index in [2.05, 4.69) is 24.1 Å². The molecule has 0 saturated carbocycles. The lowest BCUT2D eigenvalue weighted by Crippen LogP contribution is -2.47. The van der Waals surface area contributed by atoms with E-state index in [0.29, 0.717) is 12.1 Å². The van der Waals surface area contributed by atoms with Gasteiger partial charge in [0.25, 0.3) is 0 Å². The Morgan fingerprint density at radius 3 is 2.43 bits per heavy atom. The molecule has 0 amide bonds. The van der Waals surface area contributed by atoms with Gasteiger partial charge in [0, 0.05) is 12.1 Å². The highest BCUT2D eigenvalue weighted by molar-refractivity contribution is 4.79. The van der Waals surface area contributed by atoms with Crippen molar-refractivity contribution in [1.82, 2.24) is 10.2 Å². The second-order valence-electron chi connectivity index (χ2n) is 4.16. The zero-order chi connectivity index (χ0) is 10.4. The molecule has 0 radical (unpaired) electrons. The van der Waals surface area contributed by atoms with Crippen LogP contribution in [0.25, 0.3) is 0 Å². The van der Waals surface area contributed by atoms with Gasteiger partial charge in [-0.2, -0.15) is 0 Å². The SMILES string of the molecule is CC[C@@H](CO)NC1CCN(CC)CC1. The highest BCUT2D eigenvalue weighted by atomic mass is 16.3. The fourth-order valence-electron chi connectivity index (χ4n) is 2.05. The summed E-state index contributed by atoms with van der Waals surface area (Å²) in [4.78, 5) is 2.48. The van der Waals surface area contributed by atoms with Crippen LogP contribution < -0.4 is 5.32 Å². The minimum Gasteiger partial charge on any atom is -0.395 e. The van der Waals surface area contributed by atoms with Crippen LogP contribution in [0, 0.1) is 0 Å². The minimum absolute atomic E-state index is 0.268. The molecule has 0 spiro atoms. The summed E-state index contributed by atoms with van der Waals surface area (Å²) in [7, 11) is 0. The van der Waals surface area contributed by atoms with E-state index in [1.807, 2.05) is 0 Å². The van der Waals surface area contributed by atoms with Crippen LogP contribution in [-0.4, -0.2) is 48.3 Å². The highest BCUT2D eigenvalue weighted by Gasteiger charge is 2.19. The first-order valence-electron chi connectivity index (χ1n) is 5.89. The normalized spacial score (nSPS) is 22.5. The minimum atomic E-state index is 0.268. The van der Waals surface area contributed by atoms with Crippen molar-refractivity contribution in [3.63, 3.8) is 0 Å². The molecule has 3 nitrogen and oxygen atoms in total. The zero-order valence-electron chi connectivity index (χ0n) is 9.50. The highest BCUT2D eigenvalue weighted by Crippen LogP contribution is 2.10. The van der Waals surface area contributed by atoms with E-state index in [1.165, 1.54) is 32.5 Å². The summed E-state index contributed by atoms with van der Waals surface area (Å²) >= 11 is 0. The van der Waals surface area contributed by atoms with Gasteiger partial charge in [0.05, 0.1) is 6.61 Å². The van der Waals surface area contributed by atoms with Gasteiger partial charge < -0.3 is 15.3 Å². The Hall–Kier alpha value is -0.120. The summed E-state index contributed by atoms with van der Waals surface area (Å²) in [5.41, 5.74) is 0. The van der Waals surface area contributed by atoms with E-state index < -0.39 is 0 Å². The number of aliphatic hydroxyl groups is 1. The molecule has 1 atom stereocenters. The number of hydrogen-bond donors (Lipinski definition) is 2. The molecule has 0 aliphatic carbocycles. The van der Waals surface area contributed by atoms with Crippen LogP contribution in [0.2, 0.25) is 0 Å². The van der Waals surface area contributed by atoms with Crippen LogP contribution in [0.15, 0.2) is 0 Å². The van der Waals surface area contributed by atoms with Gasteiger partial charge in [0.2, 0.25) is 0 Å². The van der Waals surface area contributed by atoms with Crippen LogP contribution in [0.1, 0.15) is 33.1 Å². The third-order valence-corrected chi connectivity index (χ3v) is 3.22. The van der Waals surface area contributed by atoms with Gasteiger partial charge in [0.1, 0.15) is 0 Å². The van der Waals surface area contributed by atoms with E-state index in [4.69, 9.17) is 5.11 Å². The standard InChI is InChI=1S/C11H24N2O/c1-3-10(9-14)12-11-5-7-13(4-2)8-6-11/h10-12,14H,3-9H2,1-2H3/t10-/m0/s1. The van der Waals surface area contributed by atoms with Crippen molar-refractivity contribution < 1.29 is 5.11 Å². The van der Waals surface area contributed by atoms with Crippen LogP contribution in [-0.2, 0) is 0 Å². The van der Waals surface area contributed by atoms with Crippen LogP contribution in [0.3, 0.4) is 0 Å². The van der Waals surface area contributed by atoms with E-state index in [-0.39, 0.29) is 6.61 Å². The molecule has 0 aromatic carbocycles. The molecule has 1 fully saturated rings. The lowest BCUT2D eigenvalue weighted by Gasteiger charge is -2.33. The van der Waals surface area contributed by atoms with Crippen LogP contribution in [0.4, 0.5) is 0 Å². The summed E-state index contributed by atoms with van der Waals surface area (Å²) in [6.45, 7) is 8.19. The van der Waals surface area contributed by atoms with Gasteiger partial charge in [-0.05, 0) is 38.9 Å². The first-order valence-corrected chi connectivity index (χ1v) is 5.89. The third kappa shape index (κ3) is 3.56. The third-order valence-electron chi connectivity index (χ3n) is 3.22. The second kappa shape index (κ2) is 6.38. The van der Waals surface area contributed by atoms with Crippen molar-refractivity contribution >= 4 is 0 Å². The zero-order valence-corrected chi connectivity index (χ0v) is 9.50. The Bertz CT molecular complexity index is 140. The Balaban J connectivity index is 2.21. The molecule has 0 bridgehead atoms. The summed E-state index contributed by atoms with van der Waals surface area (Å²) in [5.74, 6) is 0. The lowest BCUT2D eigenvalue weighted by molar-refractivity contribution is 0.174. The number of hydrogen-bond acceptors (Lipinski definition) is 3. The Labute approximate surface area is 87.5 Å². The Morgan fingerprint density at radius 1 is 1.36 bits per heavy atom. The van der Waals surface area contributed by atoms with Gasteiger partial charge in [-0.1, -0.05) is 13.8 Å². The topological polar surface area (TPSA) is 35.5 Å². The number of piperidine rings is 1. The molecular weight excluding hydrogens is 176 g/mol. The molecule has 2 N–H and O–H groups in total. The smallest absolute Gasteiger partial charge is 0.0584 e. The predicted molar refractivity (Wildman–Crippen MR) is 59.4 cm³/mol. The molecule has 0 aromatic heterocycles. The molecule has 3 heteroatoms. The maximum atomic E-state index is 9.08. The average molecular weight is 200 g/mol. The monoisotopic (exact) mass is 200 g/mol. The maximum absolute atomic E-state index is 9.08. The summed E-state index contributed by atoms with van der Waals surface area (Å²) in [6.07, 6.45) is 3.47. The van der Waals surface area contributed by atoms with E-state index in [0.717, 1.165) is 6.42 Å². The van der Waals surface area contributed by atoms with E-state index in [1.54, 1.807) is 0 Å². The molecule has 1 rings (SSSR count). The fraction of sp³-hybridized carbons (Fsp3) is 1.00. The predicted octanol–water partition coefficient (Wildman–Crippen LogP) is 0.831. The van der Waals surface area contributed by atoms with Crippen molar-refractivity contribution in [1.29, 1.82) is 0 Å². The maximum Gasteiger partial charge on any atom is 0.0584 e. The molecule has 1 aliphatic heterocycles.